The maximum atomic E-state index is 12.1. The first-order chi connectivity index (χ1) is 12.7. The van der Waals surface area contributed by atoms with E-state index in [0.717, 1.165) is 37.8 Å². The summed E-state index contributed by atoms with van der Waals surface area (Å²) in [6.45, 7) is 1.06. The smallest absolute Gasteiger partial charge is 0.315 e. The van der Waals surface area contributed by atoms with Crippen molar-refractivity contribution >= 4 is 6.03 Å². The molecule has 2 amide bonds. The van der Waals surface area contributed by atoms with Crippen LogP contribution in [0.5, 0.6) is 11.5 Å². The Kier molecular flexibility index (Phi) is 4.36. The van der Waals surface area contributed by atoms with Gasteiger partial charge in [-0.2, -0.15) is 4.68 Å². The quantitative estimate of drug-likeness (QED) is 0.862. The lowest BCUT2D eigenvalue weighted by Gasteiger charge is -2.36. The number of carbonyl (C=O) groups excluding carboxylic acids is 1. The molecule has 1 aliphatic heterocycles. The highest BCUT2D eigenvalue weighted by Gasteiger charge is 2.40. The van der Waals surface area contributed by atoms with E-state index >= 15 is 0 Å². The Balaban J connectivity index is 1.74. The predicted molar refractivity (Wildman–Crippen MR) is 92.5 cm³/mol. The highest BCUT2D eigenvalue weighted by Crippen LogP contribution is 2.38. The average molecular weight is 358 g/mol. The van der Waals surface area contributed by atoms with Crippen LogP contribution in [0.25, 0.3) is 5.69 Å². The van der Waals surface area contributed by atoms with Crippen molar-refractivity contribution in [1.82, 2.24) is 30.8 Å². The minimum absolute atomic E-state index is 0.233. The van der Waals surface area contributed by atoms with Crippen LogP contribution in [-0.2, 0) is 5.54 Å². The molecular weight excluding hydrogens is 336 g/mol. The largest absolute Gasteiger partial charge is 0.486 e. The molecule has 4 rings (SSSR count). The molecule has 1 aromatic carbocycles. The van der Waals surface area contributed by atoms with Crippen LogP contribution >= 0.6 is 0 Å². The van der Waals surface area contributed by atoms with E-state index in [1.807, 2.05) is 18.2 Å². The first-order valence-electron chi connectivity index (χ1n) is 8.91. The van der Waals surface area contributed by atoms with Gasteiger partial charge in [0.1, 0.15) is 18.8 Å². The van der Waals surface area contributed by atoms with Gasteiger partial charge in [0.2, 0.25) is 0 Å². The number of tetrazole rings is 1. The molecule has 9 heteroatoms. The normalized spacial score (nSPS) is 18.2. The first-order valence-corrected chi connectivity index (χ1v) is 8.91. The Morgan fingerprint density at radius 3 is 2.69 bits per heavy atom. The van der Waals surface area contributed by atoms with E-state index in [0.29, 0.717) is 30.5 Å². The first kappa shape index (κ1) is 16.6. The molecule has 0 spiro atoms. The van der Waals surface area contributed by atoms with Crippen LogP contribution in [0, 0.1) is 0 Å². The molecule has 138 valence electrons. The number of aromatic nitrogens is 4. The van der Waals surface area contributed by atoms with Crippen molar-refractivity contribution in [2.75, 3.05) is 20.3 Å². The molecule has 0 bridgehead atoms. The van der Waals surface area contributed by atoms with Gasteiger partial charge in [-0.3, -0.25) is 0 Å². The van der Waals surface area contributed by atoms with Gasteiger partial charge in [-0.1, -0.05) is 19.3 Å². The fourth-order valence-corrected chi connectivity index (χ4v) is 3.66. The summed E-state index contributed by atoms with van der Waals surface area (Å²) in [5.41, 5.74) is 0.188. The number of benzene rings is 1. The Morgan fingerprint density at radius 1 is 1.15 bits per heavy atom. The predicted octanol–water partition coefficient (Wildman–Crippen LogP) is 1.52. The number of urea groups is 1. The van der Waals surface area contributed by atoms with Crippen LogP contribution < -0.4 is 20.1 Å². The summed E-state index contributed by atoms with van der Waals surface area (Å²) in [5, 5.41) is 18.1. The van der Waals surface area contributed by atoms with Gasteiger partial charge in [-0.15, -0.1) is 5.10 Å². The van der Waals surface area contributed by atoms with E-state index in [1.54, 1.807) is 11.7 Å². The van der Waals surface area contributed by atoms with Crippen molar-refractivity contribution in [2.24, 2.45) is 0 Å². The Bertz CT molecular complexity index is 800. The van der Waals surface area contributed by atoms with Crippen molar-refractivity contribution in [1.29, 1.82) is 0 Å². The van der Waals surface area contributed by atoms with Gasteiger partial charge in [0.25, 0.3) is 0 Å². The fraction of sp³-hybridized carbons (Fsp3) is 0.529. The number of fused-ring (bicyclic) bond motifs is 1. The number of rotatable bonds is 3. The van der Waals surface area contributed by atoms with E-state index in [-0.39, 0.29) is 6.03 Å². The maximum Gasteiger partial charge on any atom is 0.315 e. The van der Waals surface area contributed by atoms with E-state index in [9.17, 15) is 4.79 Å². The lowest BCUT2D eigenvalue weighted by atomic mass is 9.81. The van der Waals surface area contributed by atoms with E-state index in [1.165, 1.54) is 0 Å². The van der Waals surface area contributed by atoms with Crippen LogP contribution in [0.3, 0.4) is 0 Å². The highest BCUT2D eigenvalue weighted by atomic mass is 16.6. The summed E-state index contributed by atoms with van der Waals surface area (Å²) >= 11 is 0. The van der Waals surface area contributed by atoms with Gasteiger partial charge in [-0.25, -0.2) is 4.79 Å². The van der Waals surface area contributed by atoms with Gasteiger partial charge < -0.3 is 20.1 Å². The minimum Gasteiger partial charge on any atom is -0.486 e. The molecule has 9 nitrogen and oxygen atoms in total. The SMILES string of the molecule is CNC(=O)NC1(c2nnnn2-c2ccc3c(c2)OCCO3)CCCCC1. The zero-order chi connectivity index (χ0) is 18.0. The Morgan fingerprint density at radius 2 is 1.92 bits per heavy atom. The second-order valence-corrected chi connectivity index (χ2v) is 6.59. The van der Waals surface area contributed by atoms with Gasteiger partial charge in [0, 0.05) is 13.1 Å². The number of amides is 2. The molecule has 2 heterocycles. The van der Waals surface area contributed by atoms with Crippen LogP contribution in [0.2, 0.25) is 0 Å². The molecule has 0 unspecified atom stereocenters. The van der Waals surface area contributed by atoms with E-state index in [2.05, 4.69) is 26.2 Å². The summed E-state index contributed by atoms with van der Waals surface area (Å²) in [5.74, 6) is 2.02. The molecule has 1 aromatic heterocycles. The second kappa shape index (κ2) is 6.81. The molecule has 2 aliphatic rings. The monoisotopic (exact) mass is 358 g/mol. The molecule has 1 aliphatic carbocycles. The molecule has 0 saturated heterocycles. The summed E-state index contributed by atoms with van der Waals surface area (Å²) in [6.07, 6.45) is 4.76. The molecule has 1 fully saturated rings. The molecule has 0 atom stereocenters. The summed E-state index contributed by atoms with van der Waals surface area (Å²) in [7, 11) is 1.61. The highest BCUT2D eigenvalue weighted by molar-refractivity contribution is 5.74. The lowest BCUT2D eigenvalue weighted by Crippen LogP contribution is -2.51. The fourth-order valence-electron chi connectivity index (χ4n) is 3.66. The van der Waals surface area contributed by atoms with Gasteiger partial charge in [-0.05, 0) is 35.4 Å². The number of hydrogen-bond donors (Lipinski definition) is 2. The third-order valence-electron chi connectivity index (χ3n) is 4.95. The van der Waals surface area contributed by atoms with Crippen LogP contribution in [-0.4, -0.2) is 46.5 Å². The van der Waals surface area contributed by atoms with E-state index in [4.69, 9.17) is 9.47 Å². The second-order valence-electron chi connectivity index (χ2n) is 6.59. The van der Waals surface area contributed by atoms with Crippen molar-refractivity contribution in [3.63, 3.8) is 0 Å². The van der Waals surface area contributed by atoms with Gasteiger partial charge >= 0.3 is 6.03 Å². The van der Waals surface area contributed by atoms with Gasteiger partial charge in [0.15, 0.2) is 17.3 Å². The van der Waals surface area contributed by atoms with Gasteiger partial charge in [0.05, 0.1) is 5.69 Å². The number of nitrogens with zero attached hydrogens (tertiary/aromatic N) is 4. The Hall–Kier alpha value is -2.84. The van der Waals surface area contributed by atoms with Crippen LogP contribution in [0.15, 0.2) is 18.2 Å². The number of carbonyl (C=O) groups is 1. The minimum atomic E-state index is -0.588. The number of hydrogen-bond acceptors (Lipinski definition) is 6. The zero-order valence-corrected chi connectivity index (χ0v) is 14.7. The maximum absolute atomic E-state index is 12.1. The lowest BCUT2D eigenvalue weighted by molar-refractivity contribution is 0.171. The standard InChI is InChI=1S/C17H22N6O3/c1-18-16(24)19-17(7-3-2-4-8-17)15-20-21-22-23(15)12-5-6-13-14(11-12)26-10-9-25-13/h5-6,11H,2-4,7-10H2,1H3,(H2,18,19,24). The molecule has 0 radical (unpaired) electrons. The summed E-state index contributed by atoms with van der Waals surface area (Å²) in [6, 6.07) is 5.38. The van der Waals surface area contributed by atoms with Crippen LogP contribution in [0.1, 0.15) is 37.9 Å². The average Bonchev–Trinajstić information content (AvgIpc) is 3.19. The Labute approximate surface area is 151 Å². The molecule has 2 N–H and O–H groups in total. The number of ether oxygens (including phenoxy) is 2. The van der Waals surface area contributed by atoms with Crippen LogP contribution in [0.4, 0.5) is 4.79 Å². The summed E-state index contributed by atoms with van der Waals surface area (Å²) < 4.78 is 12.9. The molecule has 1 saturated carbocycles. The molecule has 2 aromatic rings. The zero-order valence-electron chi connectivity index (χ0n) is 14.7. The topological polar surface area (TPSA) is 103 Å². The van der Waals surface area contributed by atoms with Crippen molar-refractivity contribution in [2.45, 2.75) is 37.6 Å². The number of nitrogens with one attached hydrogen (secondary N) is 2. The van der Waals surface area contributed by atoms with Crippen molar-refractivity contribution in [3.05, 3.63) is 24.0 Å². The molecular formula is C17H22N6O3. The van der Waals surface area contributed by atoms with Crippen molar-refractivity contribution < 1.29 is 14.3 Å². The van der Waals surface area contributed by atoms with Crippen molar-refractivity contribution in [3.8, 4) is 17.2 Å². The third-order valence-corrected chi connectivity index (χ3v) is 4.95. The third kappa shape index (κ3) is 2.93. The van der Waals surface area contributed by atoms with E-state index < -0.39 is 5.54 Å². The molecule has 26 heavy (non-hydrogen) atoms. The summed E-state index contributed by atoms with van der Waals surface area (Å²) in [4.78, 5) is 12.1.